The van der Waals surface area contributed by atoms with E-state index in [-0.39, 0.29) is 17.6 Å². The summed E-state index contributed by atoms with van der Waals surface area (Å²) in [5.41, 5.74) is 2.33. The van der Waals surface area contributed by atoms with Crippen LogP contribution in [0.4, 0.5) is 10.5 Å². The second-order valence-electron chi connectivity index (χ2n) is 8.38. The third-order valence-corrected chi connectivity index (χ3v) is 5.90. The molecule has 0 aromatic heterocycles. The van der Waals surface area contributed by atoms with Gasteiger partial charge in [-0.25, -0.2) is 9.59 Å². The number of benzene rings is 2. The van der Waals surface area contributed by atoms with E-state index in [0.29, 0.717) is 35.8 Å². The number of methoxy groups -OCH3 is 3. The van der Waals surface area contributed by atoms with Crippen molar-refractivity contribution in [1.29, 1.82) is 0 Å². The van der Waals surface area contributed by atoms with Crippen LogP contribution < -0.4 is 20.1 Å². The number of carbonyl (C=O) groups is 2. The molecule has 2 rings (SSSR count). The molecule has 2 aromatic rings. The Hall–Kier alpha value is -3.26. The molecule has 0 bridgehead atoms. The highest BCUT2D eigenvalue weighted by molar-refractivity contribution is 5.91. The molecule has 2 aromatic carbocycles. The molecule has 0 saturated carbocycles. The Morgan fingerprint density at radius 1 is 0.971 bits per heavy atom. The van der Waals surface area contributed by atoms with Crippen molar-refractivity contribution in [3.05, 3.63) is 53.1 Å². The Balaban J connectivity index is 2.23. The van der Waals surface area contributed by atoms with Gasteiger partial charge < -0.3 is 30.0 Å². The molecule has 0 fully saturated rings. The maximum atomic E-state index is 13.0. The van der Waals surface area contributed by atoms with E-state index in [9.17, 15) is 14.7 Å². The molecule has 1 atom stereocenters. The molecule has 0 aliphatic carbocycles. The van der Waals surface area contributed by atoms with Crippen molar-refractivity contribution < 1.29 is 28.9 Å². The highest BCUT2D eigenvalue weighted by Gasteiger charge is 2.19. The number of urea groups is 1. The van der Waals surface area contributed by atoms with Gasteiger partial charge in [0.25, 0.3) is 0 Å². The minimum absolute atomic E-state index is 0.250. The molecule has 0 aliphatic heterocycles. The van der Waals surface area contributed by atoms with Gasteiger partial charge in [-0.1, -0.05) is 51.2 Å². The lowest BCUT2D eigenvalue weighted by Crippen LogP contribution is -2.33. The van der Waals surface area contributed by atoms with Crippen LogP contribution in [-0.2, 0) is 11.2 Å². The number of hydrogen-bond acceptors (Lipinski definition) is 5. The minimum atomic E-state index is -0.976. The molecule has 8 nitrogen and oxygen atoms in total. The van der Waals surface area contributed by atoms with Gasteiger partial charge in [-0.2, -0.15) is 0 Å². The van der Waals surface area contributed by atoms with Crippen LogP contribution in [0.15, 0.2) is 36.4 Å². The quantitative estimate of drug-likeness (QED) is 0.274. The van der Waals surface area contributed by atoms with Gasteiger partial charge in [0.1, 0.15) is 11.5 Å². The number of ether oxygens (including phenoxy) is 3. The predicted octanol–water partition coefficient (Wildman–Crippen LogP) is 5.81. The SMILES string of the molecule is CCCCCCCC(NC(=O)Nc1ccc(OC)cc1OC)c1ccc(C(=O)O)c(CCOC)c1. The van der Waals surface area contributed by atoms with Crippen LogP contribution in [0.1, 0.15) is 73.0 Å². The molecule has 35 heavy (non-hydrogen) atoms. The largest absolute Gasteiger partial charge is 0.497 e. The van der Waals surface area contributed by atoms with E-state index in [2.05, 4.69) is 17.6 Å². The molecule has 0 saturated heterocycles. The number of carbonyl (C=O) groups excluding carboxylic acids is 1. The topological polar surface area (TPSA) is 106 Å². The van der Waals surface area contributed by atoms with Crippen molar-refractivity contribution in [2.75, 3.05) is 33.3 Å². The van der Waals surface area contributed by atoms with Crippen molar-refractivity contribution in [3.8, 4) is 11.5 Å². The van der Waals surface area contributed by atoms with Crippen molar-refractivity contribution in [2.24, 2.45) is 0 Å². The van der Waals surface area contributed by atoms with Crippen LogP contribution in [0, 0.1) is 0 Å². The molecule has 2 amide bonds. The number of nitrogens with one attached hydrogen (secondary N) is 2. The van der Waals surface area contributed by atoms with Gasteiger partial charge in [-0.3, -0.25) is 0 Å². The zero-order valence-corrected chi connectivity index (χ0v) is 21.2. The number of unbranched alkanes of at least 4 members (excludes halogenated alkanes) is 4. The Kier molecular flexibility index (Phi) is 11.9. The van der Waals surface area contributed by atoms with Crippen LogP contribution in [0.5, 0.6) is 11.5 Å². The normalized spacial score (nSPS) is 11.5. The molecule has 1 unspecified atom stereocenters. The molecule has 0 spiro atoms. The van der Waals surface area contributed by atoms with E-state index in [4.69, 9.17) is 14.2 Å². The van der Waals surface area contributed by atoms with Crippen LogP contribution in [0.3, 0.4) is 0 Å². The van der Waals surface area contributed by atoms with Gasteiger partial charge in [-0.05, 0) is 42.2 Å². The van der Waals surface area contributed by atoms with E-state index in [1.54, 1.807) is 44.6 Å². The summed E-state index contributed by atoms with van der Waals surface area (Å²) in [5, 5.41) is 15.5. The second-order valence-corrected chi connectivity index (χ2v) is 8.38. The van der Waals surface area contributed by atoms with Crippen molar-refractivity contribution in [3.63, 3.8) is 0 Å². The van der Waals surface area contributed by atoms with Gasteiger partial charge in [0.15, 0.2) is 0 Å². The predicted molar refractivity (Wildman–Crippen MR) is 137 cm³/mol. The van der Waals surface area contributed by atoms with Crippen LogP contribution in [-0.4, -0.2) is 45.0 Å². The number of rotatable bonds is 15. The zero-order valence-electron chi connectivity index (χ0n) is 21.2. The number of amides is 2. The summed E-state index contributed by atoms with van der Waals surface area (Å²) in [4.78, 5) is 24.6. The molecule has 0 radical (unpaired) electrons. The highest BCUT2D eigenvalue weighted by Crippen LogP contribution is 2.29. The van der Waals surface area contributed by atoms with Gasteiger partial charge >= 0.3 is 12.0 Å². The molecule has 3 N–H and O–H groups in total. The first-order valence-corrected chi connectivity index (χ1v) is 12.1. The fourth-order valence-corrected chi connectivity index (χ4v) is 3.95. The summed E-state index contributed by atoms with van der Waals surface area (Å²) in [6, 6.07) is 9.79. The molecule has 0 heterocycles. The Labute approximate surface area is 208 Å². The molecule has 192 valence electrons. The standard InChI is InChI=1S/C27H38N2O6/c1-5-6-7-8-9-10-23(20-11-13-22(26(30)31)19(17-20)15-16-33-2)28-27(32)29-24-14-12-21(34-3)18-25(24)35-4/h11-14,17-18,23H,5-10,15-16H2,1-4H3,(H,30,31)(H2,28,29,32). The third-order valence-electron chi connectivity index (χ3n) is 5.90. The number of hydrogen-bond donors (Lipinski definition) is 3. The second kappa shape index (κ2) is 14.9. The van der Waals surface area contributed by atoms with Crippen molar-refractivity contribution in [2.45, 2.75) is 57.9 Å². The van der Waals surface area contributed by atoms with Gasteiger partial charge in [-0.15, -0.1) is 0 Å². The van der Waals surface area contributed by atoms with E-state index < -0.39 is 5.97 Å². The summed E-state index contributed by atoms with van der Waals surface area (Å²) < 4.78 is 15.8. The van der Waals surface area contributed by atoms with Crippen LogP contribution in [0.2, 0.25) is 0 Å². The summed E-state index contributed by atoms with van der Waals surface area (Å²) in [6.45, 7) is 2.59. The van der Waals surface area contributed by atoms with Crippen LogP contribution >= 0.6 is 0 Å². The fourth-order valence-electron chi connectivity index (χ4n) is 3.95. The van der Waals surface area contributed by atoms with E-state index in [0.717, 1.165) is 37.7 Å². The first-order valence-electron chi connectivity index (χ1n) is 12.1. The van der Waals surface area contributed by atoms with Gasteiger partial charge in [0.2, 0.25) is 0 Å². The summed E-state index contributed by atoms with van der Waals surface area (Å²) >= 11 is 0. The fraction of sp³-hybridized carbons (Fsp3) is 0.481. The average Bonchev–Trinajstić information content (AvgIpc) is 2.86. The van der Waals surface area contributed by atoms with E-state index in [1.807, 2.05) is 6.07 Å². The van der Waals surface area contributed by atoms with Gasteiger partial charge in [0, 0.05) is 13.2 Å². The Bertz CT molecular complexity index is 963. The van der Waals surface area contributed by atoms with Crippen molar-refractivity contribution >= 4 is 17.7 Å². The number of carboxylic acid groups (broad SMARTS) is 1. The molecule has 8 heteroatoms. The lowest BCUT2D eigenvalue weighted by Gasteiger charge is -2.22. The lowest BCUT2D eigenvalue weighted by atomic mass is 9.94. The van der Waals surface area contributed by atoms with Crippen LogP contribution in [0.25, 0.3) is 0 Å². The first kappa shape index (κ1) is 28.0. The van der Waals surface area contributed by atoms with Gasteiger partial charge in [0.05, 0.1) is 38.1 Å². The number of anilines is 1. The van der Waals surface area contributed by atoms with E-state index in [1.165, 1.54) is 13.5 Å². The maximum absolute atomic E-state index is 13.0. The van der Waals surface area contributed by atoms with E-state index >= 15 is 0 Å². The molecular weight excluding hydrogens is 448 g/mol. The summed E-state index contributed by atoms with van der Waals surface area (Å²) in [6.07, 6.45) is 6.74. The Morgan fingerprint density at radius 3 is 2.40 bits per heavy atom. The Morgan fingerprint density at radius 2 is 1.74 bits per heavy atom. The average molecular weight is 487 g/mol. The summed E-state index contributed by atoms with van der Waals surface area (Å²) in [7, 11) is 4.68. The third kappa shape index (κ3) is 8.79. The van der Waals surface area contributed by atoms with Crippen molar-refractivity contribution in [1.82, 2.24) is 5.32 Å². The molecule has 0 aliphatic rings. The molecular formula is C27H38N2O6. The number of carboxylic acids is 1. The number of aromatic carboxylic acids is 1. The monoisotopic (exact) mass is 486 g/mol. The summed E-state index contributed by atoms with van der Waals surface area (Å²) in [5.74, 6) is 0.138. The first-order chi connectivity index (χ1) is 16.9. The smallest absolute Gasteiger partial charge is 0.335 e. The maximum Gasteiger partial charge on any atom is 0.335 e. The zero-order chi connectivity index (χ0) is 25.6. The highest BCUT2D eigenvalue weighted by atomic mass is 16.5. The lowest BCUT2D eigenvalue weighted by molar-refractivity contribution is 0.0695. The minimum Gasteiger partial charge on any atom is -0.497 e.